The molecule has 1 N–H and O–H groups in total. The Morgan fingerprint density at radius 3 is 2.00 bits per heavy atom. The smallest absolute Gasteiger partial charge is 0.0820 e. The minimum atomic E-state index is -0.204. The van der Waals surface area contributed by atoms with Gasteiger partial charge < -0.3 is 10.1 Å². The molecule has 0 bridgehead atoms. The van der Waals surface area contributed by atoms with E-state index in [1.54, 1.807) is 0 Å². The van der Waals surface area contributed by atoms with Gasteiger partial charge in [-0.1, -0.05) is 45.0 Å². The third-order valence-corrected chi connectivity index (χ3v) is 3.56. The molecule has 0 saturated heterocycles. The van der Waals surface area contributed by atoms with Gasteiger partial charge in [0, 0.05) is 6.61 Å². The van der Waals surface area contributed by atoms with Crippen LogP contribution in [0.1, 0.15) is 64.6 Å². The molecule has 1 rings (SSSR count). The van der Waals surface area contributed by atoms with Gasteiger partial charge in [0.1, 0.15) is 0 Å². The van der Waals surface area contributed by atoms with Crippen molar-refractivity contribution in [1.29, 1.82) is 0 Å². The lowest BCUT2D eigenvalue weighted by atomic mass is 9.90. The van der Waals surface area contributed by atoms with E-state index in [4.69, 9.17) is 4.74 Å². The van der Waals surface area contributed by atoms with Gasteiger partial charge in [0.15, 0.2) is 0 Å². The van der Waals surface area contributed by atoms with Crippen molar-refractivity contribution in [2.45, 2.75) is 59.1 Å². The number of hydrogen-bond donors (Lipinski definition) is 1. The summed E-state index contributed by atoms with van der Waals surface area (Å²) in [6.07, 6.45) is 0. The van der Waals surface area contributed by atoms with E-state index in [0.717, 1.165) is 13.2 Å². The SMILES string of the molecule is CCNC(c1ccc(C(C)C)cc1)C(C)(C)OCC. The van der Waals surface area contributed by atoms with Gasteiger partial charge in [0.25, 0.3) is 0 Å². The lowest BCUT2D eigenvalue weighted by Crippen LogP contribution is -2.41. The normalized spacial score (nSPS) is 13.8. The maximum Gasteiger partial charge on any atom is 0.0820 e. The second kappa shape index (κ2) is 7.06. The number of hydrogen-bond acceptors (Lipinski definition) is 2. The molecule has 0 aliphatic heterocycles. The number of likely N-dealkylation sites (N-methyl/N-ethyl adjacent to an activating group) is 1. The van der Waals surface area contributed by atoms with Crippen LogP contribution < -0.4 is 5.32 Å². The molecule has 0 aliphatic carbocycles. The Morgan fingerprint density at radius 1 is 1.05 bits per heavy atom. The summed E-state index contributed by atoms with van der Waals surface area (Å²) in [5, 5.41) is 3.55. The Bertz CT molecular complexity index is 367. The monoisotopic (exact) mass is 263 g/mol. The van der Waals surface area contributed by atoms with Gasteiger partial charge in [0.05, 0.1) is 11.6 Å². The third kappa shape index (κ3) is 4.32. The second-order valence-corrected chi connectivity index (χ2v) is 5.85. The maximum atomic E-state index is 5.91. The Hall–Kier alpha value is -0.860. The van der Waals surface area contributed by atoms with Gasteiger partial charge in [-0.15, -0.1) is 0 Å². The maximum absolute atomic E-state index is 5.91. The zero-order valence-corrected chi connectivity index (χ0v) is 13.3. The molecule has 2 heteroatoms. The largest absolute Gasteiger partial charge is 0.374 e. The lowest BCUT2D eigenvalue weighted by Gasteiger charge is -2.35. The number of rotatable bonds is 7. The Morgan fingerprint density at radius 2 is 1.58 bits per heavy atom. The molecular weight excluding hydrogens is 234 g/mol. The molecule has 0 saturated carbocycles. The van der Waals surface area contributed by atoms with Gasteiger partial charge in [-0.25, -0.2) is 0 Å². The zero-order chi connectivity index (χ0) is 14.5. The Balaban J connectivity index is 2.98. The van der Waals surface area contributed by atoms with E-state index in [2.05, 4.69) is 64.2 Å². The fraction of sp³-hybridized carbons (Fsp3) is 0.647. The van der Waals surface area contributed by atoms with Crippen molar-refractivity contribution in [3.05, 3.63) is 35.4 Å². The third-order valence-electron chi connectivity index (χ3n) is 3.56. The highest BCUT2D eigenvalue weighted by molar-refractivity contribution is 5.28. The van der Waals surface area contributed by atoms with Crippen LogP contribution in [0.3, 0.4) is 0 Å². The fourth-order valence-electron chi connectivity index (χ4n) is 2.50. The topological polar surface area (TPSA) is 21.3 Å². The van der Waals surface area contributed by atoms with Crippen LogP contribution in [0, 0.1) is 0 Å². The van der Waals surface area contributed by atoms with E-state index in [0.29, 0.717) is 5.92 Å². The molecule has 0 amide bonds. The molecule has 0 radical (unpaired) electrons. The summed E-state index contributed by atoms with van der Waals surface area (Å²) in [6, 6.07) is 9.13. The van der Waals surface area contributed by atoms with E-state index in [9.17, 15) is 0 Å². The van der Waals surface area contributed by atoms with Gasteiger partial charge >= 0.3 is 0 Å². The first-order valence-corrected chi connectivity index (χ1v) is 7.39. The van der Waals surface area contributed by atoms with Crippen molar-refractivity contribution < 1.29 is 4.74 Å². The second-order valence-electron chi connectivity index (χ2n) is 5.85. The highest BCUT2D eigenvalue weighted by Gasteiger charge is 2.30. The average molecular weight is 263 g/mol. The first-order chi connectivity index (χ1) is 8.92. The van der Waals surface area contributed by atoms with Crippen LogP contribution in [0.4, 0.5) is 0 Å². The fourth-order valence-corrected chi connectivity index (χ4v) is 2.50. The quantitative estimate of drug-likeness (QED) is 0.793. The summed E-state index contributed by atoms with van der Waals surface area (Å²) in [4.78, 5) is 0. The van der Waals surface area contributed by atoms with Crippen molar-refractivity contribution in [2.24, 2.45) is 0 Å². The lowest BCUT2D eigenvalue weighted by molar-refractivity contribution is -0.0388. The van der Waals surface area contributed by atoms with Crippen LogP contribution in [-0.4, -0.2) is 18.8 Å². The van der Waals surface area contributed by atoms with Crippen molar-refractivity contribution in [3.63, 3.8) is 0 Å². The van der Waals surface area contributed by atoms with Crippen molar-refractivity contribution in [1.82, 2.24) is 5.32 Å². The Kier molecular flexibility index (Phi) is 6.02. The highest BCUT2D eigenvalue weighted by Crippen LogP contribution is 2.29. The molecule has 1 atom stereocenters. The molecule has 0 heterocycles. The molecule has 0 fully saturated rings. The first-order valence-electron chi connectivity index (χ1n) is 7.39. The number of nitrogens with one attached hydrogen (secondary N) is 1. The van der Waals surface area contributed by atoms with Crippen LogP contribution in [0.25, 0.3) is 0 Å². The van der Waals surface area contributed by atoms with Crippen LogP contribution in [0.15, 0.2) is 24.3 Å². The zero-order valence-electron chi connectivity index (χ0n) is 13.3. The summed E-state index contributed by atoms with van der Waals surface area (Å²) < 4.78 is 5.91. The predicted molar refractivity (Wildman–Crippen MR) is 82.7 cm³/mol. The van der Waals surface area contributed by atoms with Crippen molar-refractivity contribution in [2.75, 3.05) is 13.2 Å². The number of benzene rings is 1. The van der Waals surface area contributed by atoms with Crippen LogP contribution in [0.2, 0.25) is 0 Å². The van der Waals surface area contributed by atoms with E-state index in [1.807, 2.05) is 6.92 Å². The summed E-state index contributed by atoms with van der Waals surface area (Å²) in [5.74, 6) is 0.575. The van der Waals surface area contributed by atoms with Gasteiger partial charge in [-0.05, 0) is 44.4 Å². The summed E-state index contributed by atoms with van der Waals surface area (Å²) in [6.45, 7) is 14.6. The van der Waals surface area contributed by atoms with Crippen LogP contribution in [0.5, 0.6) is 0 Å². The summed E-state index contributed by atoms with van der Waals surface area (Å²) >= 11 is 0. The molecule has 1 aromatic carbocycles. The Labute approximate surface area is 118 Å². The van der Waals surface area contributed by atoms with Gasteiger partial charge in [-0.2, -0.15) is 0 Å². The molecular formula is C17H29NO. The van der Waals surface area contributed by atoms with Crippen molar-refractivity contribution >= 4 is 0 Å². The minimum Gasteiger partial charge on any atom is -0.374 e. The molecule has 2 nitrogen and oxygen atoms in total. The standard InChI is InChI=1S/C17H29NO/c1-7-18-16(17(5,6)19-8-2)15-11-9-14(10-12-15)13(3)4/h9-13,16,18H,7-8H2,1-6H3. The van der Waals surface area contributed by atoms with E-state index in [1.165, 1.54) is 11.1 Å². The van der Waals surface area contributed by atoms with E-state index >= 15 is 0 Å². The van der Waals surface area contributed by atoms with Gasteiger partial charge in [0.2, 0.25) is 0 Å². The van der Waals surface area contributed by atoms with E-state index < -0.39 is 0 Å². The van der Waals surface area contributed by atoms with Crippen molar-refractivity contribution in [3.8, 4) is 0 Å². The van der Waals surface area contributed by atoms with Gasteiger partial charge in [-0.3, -0.25) is 0 Å². The summed E-state index contributed by atoms with van der Waals surface area (Å²) in [5.41, 5.74) is 2.47. The number of ether oxygens (including phenoxy) is 1. The molecule has 0 aliphatic rings. The predicted octanol–water partition coefficient (Wildman–Crippen LogP) is 4.28. The molecule has 0 spiro atoms. The molecule has 19 heavy (non-hydrogen) atoms. The van der Waals surface area contributed by atoms with Crippen LogP contribution in [-0.2, 0) is 4.74 Å². The van der Waals surface area contributed by atoms with Crippen LogP contribution >= 0.6 is 0 Å². The van der Waals surface area contributed by atoms with E-state index in [-0.39, 0.29) is 11.6 Å². The molecule has 0 aromatic heterocycles. The molecule has 108 valence electrons. The molecule has 1 aromatic rings. The first kappa shape index (κ1) is 16.2. The average Bonchev–Trinajstić information content (AvgIpc) is 2.36. The summed E-state index contributed by atoms with van der Waals surface area (Å²) in [7, 11) is 0. The minimum absolute atomic E-state index is 0.204. The highest BCUT2D eigenvalue weighted by atomic mass is 16.5. The molecule has 1 unspecified atom stereocenters.